The van der Waals surface area contributed by atoms with Gasteiger partial charge in [0.25, 0.3) is 5.91 Å². The van der Waals surface area contributed by atoms with Crippen LogP contribution in [0, 0.1) is 0 Å². The zero-order valence-corrected chi connectivity index (χ0v) is 14.1. The SMILES string of the molecule is COCC(C)(O)CNC(=O)COc1ccc(C(C)(C)C)cc1. The topological polar surface area (TPSA) is 67.8 Å². The third-order valence-corrected chi connectivity index (χ3v) is 3.21. The van der Waals surface area contributed by atoms with E-state index in [0.29, 0.717) is 5.75 Å². The van der Waals surface area contributed by atoms with Crippen molar-refractivity contribution in [2.45, 2.75) is 38.7 Å². The molecule has 0 aromatic heterocycles. The van der Waals surface area contributed by atoms with Gasteiger partial charge in [0.1, 0.15) is 11.4 Å². The second-order valence-electron chi connectivity index (χ2n) is 6.77. The van der Waals surface area contributed by atoms with Crippen molar-refractivity contribution in [2.24, 2.45) is 0 Å². The molecule has 2 N–H and O–H groups in total. The van der Waals surface area contributed by atoms with Crippen molar-refractivity contribution in [1.82, 2.24) is 5.32 Å². The summed E-state index contributed by atoms with van der Waals surface area (Å²) in [5.74, 6) is 0.364. The Morgan fingerprint density at radius 1 is 1.18 bits per heavy atom. The molecule has 5 nitrogen and oxygen atoms in total. The molecule has 0 saturated carbocycles. The molecule has 0 fully saturated rings. The molecule has 0 radical (unpaired) electrons. The van der Waals surface area contributed by atoms with Gasteiger partial charge in [-0.05, 0) is 30.0 Å². The normalized spacial score (nSPS) is 14.3. The number of rotatable bonds is 7. The van der Waals surface area contributed by atoms with Crippen molar-refractivity contribution >= 4 is 5.91 Å². The van der Waals surface area contributed by atoms with Gasteiger partial charge in [0, 0.05) is 13.7 Å². The summed E-state index contributed by atoms with van der Waals surface area (Å²) in [6.07, 6.45) is 0. The molecular formula is C17H27NO4. The maximum absolute atomic E-state index is 11.7. The molecule has 1 aromatic rings. The summed E-state index contributed by atoms with van der Waals surface area (Å²) in [5.41, 5.74) is 0.210. The average Bonchev–Trinajstić information content (AvgIpc) is 2.42. The summed E-state index contributed by atoms with van der Waals surface area (Å²) in [6, 6.07) is 7.71. The summed E-state index contributed by atoms with van der Waals surface area (Å²) in [4.78, 5) is 11.7. The fraction of sp³-hybridized carbons (Fsp3) is 0.588. The Balaban J connectivity index is 2.41. The van der Waals surface area contributed by atoms with E-state index in [0.717, 1.165) is 0 Å². The molecule has 0 aliphatic carbocycles. The van der Waals surface area contributed by atoms with Crippen LogP contribution in [-0.4, -0.2) is 43.5 Å². The Morgan fingerprint density at radius 3 is 2.27 bits per heavy atom. The van der Waals surface area contributed by atoms with Gasteiger partial charge in [0.15, 0.2) is 6.61 Å². The molecule has 1 rings (SSSR count). The predicted octanol–water partition coefficient (Wildman–Crippen LogP) is 1.88. The van der Waals surface area contributed by atoms with Crippen LogP contribution < -0.4 is 10.1 Å². The number of carbonyl (C=O) groups is 1. The molecule has 0 saturated heterocycles. The summed E-state index contributed by atoms with van der Waals surface area (Å²) in [6.45, 7) is 8.21. The van der Waals surface area contributed by atoms with Crippen molar-refractivity contribution in [3.05, 3.63) is 29.8 Å². The lowest BCUT2D eigenvalue weighted by atomic mass is 9.87. The van der Waals surface area contributed by atoms with Gasteiger partial charge in [0.2, 0.25) is 0 Å². The number of amides is 1. The van der Waals surface area contributed by atoms with Crippen LogP contribution in [0.4, 0.5) is 0 Å². The Bertz CT molecular complexity index is 474. The smallest absolute Gasteiger partial charge is 0.258 e. The van der Waals surface area contributed by atoms with Crippen LogP contribution in [0.1, 0.15) is 33.3 Å². The van der Waals surface area contributed by atoms with Crippen molar-refractivity contribution < 1.29 is 19.4 Å². The Labute approximate surface area is 132 Å². The minimum atomic E-state index is -1.08. The standard InChI is InChI=1S/C17H27NO4/c1-16(2,3)13-6-8-14(9-7-13)22-10-15(19)18-11-17(4,20)12-21-5/h6-9,20H,10-12H2,1-5H3,(H,18,19). The van der Waals surface area contributed by atoms with Crippen molar-refractivity contribution in [1.29, 1.82) is 0 Å². The molecule has 22 heavy (non-hydrogen) atoms. The highest BCUT2D eigenvalue weighted by atomic mass is 16.5. The van der Waals surface area contributed by atoms with Crippen molar-refractivity contribution in [2.75, 3.05) is 26.9 Å². The first kappa shape index (κ1) is 18.5. The van der Waals surface area contributed by atoms with Gasteiger partial charge < -0.3 is 19.9 Å². The number of carbonyl (C=O) groups excluding carboxylic acids is 1. The first-order valence-corrected chi connectivity index (χ1v) is 7.35. The molecule has 0 bridgehead atoms. The molecule has 0 heterocycles. The minimum Gasteiger partial charge on any atom is -0.484 e. The van der Waals surface area contributed by atoms with E-state index < -0.39 is 5.60 Å². The molecule has 0 spiro atoms. The number of methoxy groups -OCH3 is 1. The van der Waals surface area contributed by atoms with Crippen LogP contribution in [-0.2, 0) is 14.9 Å². The van der Waals surface area contributed by atoms with Gasteiger partial charge in [0.05, 0.1) is 6.61 Å². The van der Waals surface area contributed by atoms with E-state index >= 15 is 0 Å². The number of aliphatic hydroxyl groups is 1. The monoisotopic (exact) mass is 309 g/mol. The first-order chi connectivity index (χ1) is 10.1. The van der Waals surface area contributed by atoms with Gasteiger partial charge in [-0.15, -0.1) is 0 Å². The second-order valence-corrected chi connectivity index (χ2v) is 6.77. The van der Waals surface area contributed by atoms with Crippen molar-refractivity contribution in [3.63, 3.8) is 0 Å². The van der Waals surface area contributed by atoms with Crippen molar-refractivity contribution in [3.8, 4) is 5.75 Å². The van der Waals surface area contributed by atoms with Crippen LogP contribution in [0.3, 0.4) is 0 Å². The van der Waals surface area contributed by atoms with E-state index in [1.54, 1.807) is 6.92 Å². The van der Waals surface area contributed by atoms with Gasteiger partial charge in [-0.1, -0.05) is 32.9 Å². The number of benzene rings is 1. The summed E-state index contributed by atoms with van der Waals surface area (Å²) >= 11 is 0. The molecule has 5 heteroatoms. The average molecular weight is 309 g/mol. The second kappa shape index (κ2) is 7.61. The maximum Gasteiger partial charge on any atom is 0.258 e. The predicted molar refractivity (Wildman–Crippen MR) is 86.1 cm³/mol. The number of hydrogen-bond acceptors (Lipinski definition) is 4. The van der Waals surface area contributed by atoms with Crippen LogP contribution in [0.2, 0.25) is 0 Å². The lowest BCUT2D eigenvalue weighted by Crippen LogP contribution is -2.45. The van der Waals surface area contributed by atoms with Crippen LogP contribution in [0.25, 0.3) is 0 Å². The Kier molecular flexibility index (Phi) is 6.38. The highest BCUT2D eigenvalue weighted by Gasteiger charge is 2.21. The van der Waals surface area contributed by atoms with E-state index in [4.69, 9.17) is 9.47 Å². The molecule has 1 amide bonds. The van der Waals surface area contributed by atoms with Gasteiger partial charge >= 0.3 is 0 Å². The van der Waals surface area contributed by atoms with E-state index in [1.807, 2.05) is 24.3 Å². The largest absolute Gasteiger partial charge is 0.484 e. The quantitative estimate of drug-likeness (QED) is 0.807. The fourth-order valence-corrected chi connectivity index (χ4v) is 1.90. The highest BCUT2D eigenvalue weighted by molar-refractivity contribution is 5.77. The van der Waals surface area contributed by atoms with Crippen LogP contribution in [0.5, 0.6) is 5.75 Å². The van der Waals surface area contributed by atoms with Crippen LogP contribution >= 0.6 is 0 Å². The highest BCUT2D eigenvalue weighted by Crippen LogP contribution is 2.24. The minimum absolute atomic E-state index is 0.0854. The Hall–Kier alpha value is -1.59. The zero-order chi connectivity index (χ0) is 16.8. The van der Waals surface area contributed by atoms with E-state index in [-0.39, 0.29) is 31.1 Å². The summed E-state index contributed by atoms with van der Waals surface area (Å²) in [5, 5.41) is 12.5. The number of hydrogen-bond donors (Lipinski definition) is 2. The van der Waals surface area contributed by atoms with Gasteiger partial charge in [-0.25, -0.2) is 0 Å². The Morgan fingerprint density at radius 2 is 1.77 bits per heavy atom. The van der Waals surface area contributed by atoms with E-state index in [9.17, 15) is 9.90 Å². The zero-order valence-electron chi connectivity index (χ0n) is 14.1. The summed E-state index contributed by atoms with van der Waals surface area (Å²) < 4.78 is 10.3. The van der Waals surface area contributed by atoms with Gasteiger partial charge in [-0.2, -0.15) is 0 Å². The molecule has 1 aromatic carbocycles. The lowest BCUT2D eigenvalue weighted by molar-refractivity contribution is -0.124. The molecule has 0 aliphatic heterocycles. The lowest BCUT2D eigenvalue weighted by Gasteiger charge is -2.22. The molecule has 1 atom stereocenters. The molecule has 124 valence electrons. The third kappa shape index (κ3) is 6.45. The van der Waals surface area contributed by atoms with Gasteiger partial charge in [-0.3, -0.25) is 4.79 Å². The number of nitrogens with one attached hydrogen (secondary N) is 1. The number of ether oxygens (including phenoxy) is 2. The van der Waals surface area contributed by atoms with E-state index in [2.05, 4.69) is 26.1 Å². The molecule has 0 aliphatic rings. The summed E-state index contributed by atoms with van der Waals surface area (Å²) in [7, 11) is 1.50. The molecular weight excluding hydrogens is 282 g/mol. The van der Waals surface area contributed by atoms with Crippen LogP contribution in [0.15, 0.2) is 24.3 Å². The maximum atomic E-state index is 11.7. The first-order valence-electron chi connectivity index (χ1n) is 7.35. The fourth-order valence-electron chi connectivity index (χ4n) is 1.90. The molecule has 1 unspecified atom stereocenters. The third-order valence-electron chi connectivity index (χ3n) is 3.21. The van der Waals surface area contributed by atoms with E-state index in [1.165, 1.54) is 12.7 Å².